The van der Waals surface area contributed by atoms with Crippen LogP contribution in [-0.2, 0) is 6.54 Å². The van der Waals surface area contributed by atoms with Crippen LogP contribution in [0.1, 0.15) is 27.2 Å². The van der Waals surface area contributed by atoms with Crippen LogP contribution in [0.3, 0.4) is 0 Å². The van der Waals surface area contributed by atoms with Crippen LogP contribution in [0.4, 0.5) is 5.69 Å². The van der Waals surface area contributed by atoms with Crippen LogP contribution in [0.15, 0.2) is 55.0 Å². The molecule has 0 atom stereocenters. The summed E-state index contributed by atoms with van der Waals surface area (Å²) in [5.41, 5.74) is 5.77. The first-order valence-corrected chi connectivity index (χ1v) is 10.4. The largest absolute Gasteiger partial charge is 0.322 e. The summed E-state index contributed by atoms with van der Waals surface area (Å²) in [6.07, 6.45) is 3.77. The molecule has 1 aliphatic heterocycles. The van der Waals surface area contributed by atoms with E-state index in [1.165, 1.54) is 5.56 Å². The molecule has 6 nitrogen and oxygen atoms in total. The number of hydrogen-bond donors (Lipinski definition) is 1. The van der Waals surface area contributed by atoms with Gasteiger partial charge in [-0.2, -0.15) is 0 Å². The van der Waals surface area contributed by atoms with E-state index in [-0.39, 0.29) is 5.91 Å². The number of hydrogen-bond acceptors (Lipinski definition) is 4. The van der Waals surface area contributed by atoms with Gasteiger partial charge in [0.2, 0.25) is 0 Å². The number of aromatic nitrogens is 2. The maximum absolute atomic E-state index is 12.7. The molecule has 4 rings (SSSR count). The number of benzene rings is 2. The maximum atomic E-state index is 12.7. The van der Waals surface area contributed by atoms with E-state index >= 15 is 0 Å². The first-order chi connectivity index (χ1) is 14.5. The molecule has 156 valence electrons. The molecule has 0 aliphatic carbocycles. The number of imidazole rings is 1. The van der Waals surface area contributed by atoms with E-state index in [1.54, 1.807) is 6.33 Å². The Kier molecular flexibility index (Phi) is 5.97. The number of aryl methyl sites for hydroxylation is 2. The van der Waals surface area contributed by atoms with Gasteiger partial charge in [-0.25, -0.2) is 4.98 Å². The van der Waals surface area contributed by atoms with Crippen molar-refractivity contribution in [1.29, 1.82) is 0 Å². The molecule has 3 aromatic rings. The third-order valence-electron chi connectivity index (χ3n) is 5.68. The zero-order chi connectivity index (χ0) is 21.1. The van der Waals surface area contributed by atoms with Crippen molar-refractivity contribution in [3.05, 3.63) is 77.4 Å². The van der Waals surface area contributed by atoms with Gasteiger partial charge in [-0.05, 0) is 56.3 Å². The lowest BCUT2D eigenvalue weighted by Crippen LogP contribution is -2.43. The van der Waals surface area contributed by atoms with Crippen LogP contribution < -0.4 is 5.32 Å². The smallest absolute Gasteiger partial charge is 0.255 e. The zero-order valence-electron chi connectivity index (χ0n) is 17.9. The molecule has 0 spiro atoms. The number of likely N-dealkylation sites (N-methyl/N-ethyl adjacent to an activating group) is 1. The molecule has 1 N–H and O–H groups in total. The Balaban J connectivity index is 1.41. The second-order valence-corrected chi connectivity index (χ2v) is 8.15. The lowest BCUT2D eigenvalue weighted by atomic mass is 10.1. The number of anilines is 1. The molecule has 2 heterocycles. The molecule has 1 amide bonds. The van der Waals surface area contributed by atoms with Gasteiger partial charge in [0, 0.05) is 50.2 Å². The van der Waals surface area contributed by atoms with Crippen LogP contribution in [0.2, 0.25) is 0 Å². The van der Waals surface area contributed by atoms with E-state index in [4.69, 9.17) is 0 Å². The van der Waals surface area contributed by atoms with Crippen LogP contribution >= 0.6 is 0 Å². The number of carbonyl (C=O) groups is 1. The second kappa shape index (κ2) is 8.81. The van der Waals surface area contributed by atoms with Gasteiger partial charge in [0.05, 0.1) is 17.7 Å². The van der Waals surface area contributed by atoms with Crippen molar-refractivity contribution in [3.63, 3.8) is 0 Å². The fourth-order valence-electron chi connectivity index (χ4n) is 3.75. The lowest BCUT2D eigenvalue weighted by molar-refractivity contribution is 0.102. The van der Waals surface area contributed by atoms with Crippen molar-refractivity contribution in [1.82, 2.24) is 19.4 Å². The highest BCUT2D eigenvalue weighted by Gasteiger charge is 2.14. The third kappa shape index (κ3) is 4.78. The van der Waals surface area contributed by atoms with Crippen molar-refractivity contribution < 1.29 is 4.79 Å². The SMILES string of the molecule is Cc1cn(-c2cc(NC(=O)c3ccc(CN4CCN(C)CC4)cc3)ccc2C)cn1. The minimum absolute atomic E-state index is 0.0993. The third-order valence-corrected chi connectivity index (χ3v) is 5.68. The second-order valence-electron chi connectivity index (χ2n) is 8.15. The first kappa shape index (κ1) is 20.3. The van der Waals surface area contributed by atoms with Crippen LogP contribution in [0, 0.1) is 13.8 Å². The Morgan fingerprint density at radius 1 is 1.03 bits per heavy atom. The summed E-state index contributed by atoms with van der Waals surface area (Å²) in [5, 5.41) is 3.02. The van der Waals surface area contributed by atoms with Crippen LogP contribution in [0.5, 0.6) is 0 Å². The van der Waals surface area contributed by atoms with Gasteiger partial charge in [0.15, 0.2) is 0 Å². The van der Waals surface area contributed by atoms with Gasteiger partial charge in [-0.1, -0.05) is 18.2 Å². The number of piperazine rings is 1. The average Bonchev–Trinajstić information content (AvgIpc) is 3.18. The van der Waals surface area contributed by atoms with Gasteiger partial charge >= 0.3 is 0 Å². The molecule has 1 aromatic heterocycles. The Morgan fingerprint density at radius 2 is 1.77 bits per heavy atom. The molecule has 0 saturated carbocycles. The van der Waals surface area contributed by atoms with Gasteiger partial charge in [-0.3, -0.25) is 9.69 Å². The highest BCUT2D eigenvalue weighted by molar-refractivity contribution is 6.04. The summed E-state index contributed by atoms with van der Waals surface area (Å²) in [5.74, 6) is -0.0993. The molecular formula is C24H29N5O. The van der Waals surface area contributed by atoms with Crippen molar-refractivity contribution >= 4 is 11.6 Å². The molecule has 0 bridgehead atoms. The van der Waals surface area contributed by atoms with Crippen molar-refractivity contribution in [3.8, 4) is 5.69 Å². The van der Waals surface area contributed by atoms with E-state index in [0.717, 1.165) is 55.4 Å². The number of nitrogens with zero attached hydrogens (tertiary/aromatic N) is 4. The highest BCUT2D eigenvalue weighted by Crippen LogP contribution is 2.20. The molecule has 1 fully saturated rings. The maximum Gasteiger partial charge on any atom is 0.255 e. The standard InChI is InChI=1S/C24H29N5O/c1-18-4-9-22(14-23(18)29-15-19(2)25-17-29)26-24(30)21-7-5-20(6-8-21)16-28-12-10-27(3)11-13-28/h4-9,14-15,17H,10-13,16H2,1-3H3,(H,26,30). The number of nitrogens with one attached hydrogen (secondary N) is 1. The van der Waals surface area contributed by atoms with E-state index in [9.17, 15) is 4.79 Å². The van der Waals surface area contributed by atoms with Crippen molar-refractivity contribution in [2.24, 2.45) is 0 Å². The summed E-state index contributed by atoms with van der Waals surface area (Å²) >= 11 is 0. The predicted molar refractivity (Wildman–Crippen MR) is 120 cm³/mol. The van der Waals surface area contributed by atoms with E-state index in [1.807, 2.05) is 48.0 Å². The average molecular weight is 404 g/mol. The Hall–Kier alpha value is -2.96. The number of carbonyl (C=O) groups excluding carboxylic acids is 1. The lowest BCUT2D eigenvalue weighted by Gasteiger charge is -2.32. The number of amides is 1. The summed E-state index contributed by atoms with van der Waals surface area (Å²) < 4.78 is 1.98. The Bertz CT molecular complexity index is 1020. The topological polar surface area (TPSA) is 53.4 Å². The Labute approximate surface area is 178 Å². The fraction of sp³-hybridized carbons (Fsp3) is 0.333. The highest BCUT2D eigenvalue weighted by atomic mass is 16.1. The van der Waals surface area contributed by atoms with Gasteiger partial charge in [0.1, 0.15) is 0 Å². The molecule has 0 unspecified atom stereocenters. The van der Waals surface area contributed by atoms with Gasteiger partial charge in [0.25, 0.3) is 5.91 Å². The minimum Gasteiger partial charge on any atom is -0.322 e. The normalized spacial score (nSPS) is 15.3. The van der Waals surface area contributed by atoms with Gasteiger partial charge in [-0.15, -0.1) is 0 Å². The first-order valence-electron chi connectivity index (χ1n) is 10.4. The summed E-state index contributed by atoms with van der Waals surface area (Å²) in [6, 6.07) is 13.9. The molecule has 2 aromatic carbocycles. The van der Waals surface area contributed by atoms with E-state index in [0.29, 0.717) is 5.56 Å². The van der Waals surface area contributed by atoms with E-state index < -0.39 is 0 Å². The Morgan fingerprint density at radius 3 is 2.43 bits per heavy atom. The molecule has 1 aliphatic rings. The molecule has 0 radical (unpaired) electrons. The molecule has 30 heavy (non-hydrogen) atoms. The minimum atomic E-state index is -0.0993. The van der Waals surface area contributed by atoms with Crippen molar-refractivity contribution in [2.45, 2.75) is 20.4 Å². The quantitative estimate of drug-likeness (QED) is 0.709. The number of rotatable bonds is 5. The van der Waals surface area contributed by atoms with Crippen molar-refractivity contribution in [2.75, 3.05) is 38.5 Å². The summed E-state index contributed by atoms with van der Waals surface area (Å²) in [6.45, 7) is 9.34. The predicted octanol–water partition coefficient (Wildman–Crippen LogP) is 3.49. The summed E-state index contributed by atoms with van der Waals surface area (Å²) in [4.78, 5) is 21.9. The molecular weight excluding hydrogens is 374 g/mol. The van der Waals surface area contributed by atoms with Gasteiger partial charge < -0.3 is 14.8 Å². The zero-order valence-corrected chi connectivity index (χ0v) is 17.9. The summed E-state index contributed by atoms with van der Waals surface area (Å²) in [7, 11) is 2.16. The monoisotopic (exact) mass is 403 g/mol. The molecule has 1 saturated heterocycles. The fourth-order valence-corrected chi connectivity index (χ4v) is 3.75. The van der Waals surface area contributed by atoms with Crippen LogP contribution in [-0.4, -0.2) is 58.5 Å². The van der Waals surface area contributed by atoms with Crippen LogP contribution in [0.25, 0.3) is 5.69 Å². The van der Waals surface area contributed by atoms with E-state index in [2.05, 4.69) is 46.2 Å². The molecule has 6 heteroatoms.